The van der Waals surface area contributed by atoms with Crippen molar-refractivity contribution in [3.63, 3.8) is 0 Å². The van der Waals surface area contributed by atoms with E-state index >= 15 is 0 Å². The largest absolute Gasteiger partial charge is 0.430 e. The summed E-state index contributed by atoms with van der Waals surface area (Å²) < 4.78 is 50.0. The minimum atomic E-state index is -4.00. The van der Waals surface area contributed by atoms with Gasteiger partial charge in [-0.2, -0.15) is 9.36 Å². The Morgan fingerprint density at radius 2 is 1.78 bits per heavy atom. The molecule has 0 atom stereocenters. The van der Waals surface area contributed by atoms with Gasteiger partial charge in [-0.25, -0.2) is 12.8 Å². The molecule has 142 valence electrons. The van der Waals surface area contributed by atoms with Crippen molar-refractivity contribution < 1.29 is 17.5 Å². The first-order valence-corrected chi connectivity index (χ1v) is 10.4. The topological polar surface area (TPSA) is 72.4 Å². The fourth-order valence-electron chi connectivity index (χ4n) is 2.26. The van der Waals surface area contributed by atoms with Crippen molar-refractivity contribution in [2.75, 3.05) is 11.4 Å². The number of aromatic nitrogens is 2. The van der Waals surface area contributed by atoms with Crippen molar-refractivity contribution in [3.05, 3.63) is 60.2 Å². The molecular weight excluding hydrogens is 389 g/mol. The SMILES string of the molecule is CC(C)c1nsc(Oc2ccc(N(C)S(=O)(=O)c3ccccc3F)cc2)n1. The van der Waals surface area contributed by atoms with Gasteiger partial charge in [-0.3, -0.25) is 4.31 Å². The molecule has 0 bridgehead atoms. The third-order valence-corrected chi connectivity index (χ3v) is 6.25. The zero-order valence-corrected chi connectivity index (χ0v) is 16.6. The summed E-state index contributed by atoms with van der Waals surface area (Å²) in [5.41, 5.74) is 0.380. The molecule has 0 aliphatic heterocycles. The summed E-state index contributed by atoms with van der Waals surface area (Å²) in [5, 5.41) is 0.416. The summed E-state index contributed by atoms with van der Waals surface area (Å²) in [4.78, 5) is 3.92. The van der Waals surface area contributed by atoms with Gasteiger partial charge in [-0.1, -0.05) is 26.0 Å². The van der Waals surface area contributed by atoms with Crippen LogP contribution in [0.3, 0.4) is 0 Å². The van der Waals surface area contributed by atoms with Gasteiger partial charge in [-0.15, -0.1) is 0 Å². The molecule has 2 aromatic carbocycles. The molecule has 1 heterocycles. The van der Waals surface area contributed by atoms with Gasteiger partial charge in [0.15, 0.2) is 0 Å². The Morgan fingerprint density at radius 1 is 1.11 bits per heavy atom. The highest BCUT2D eigenvalue weighted by atomic mass is 32.2. The zero-order chi connectivity index (χ0) is 19.6. The van der Waals surface area contributed by atoms with Crippen LogP contribution in [-0.2, 0) is 10.0 Å². The summed E-state index contributed by atoms with van der Waals surface area (Å²) >= 11 is 1.16. The van der Waals surface area contributed by atoms with E-state index in [2.05, 4.69) is 9.36 Å². The molecule has 6 nitrogen and oxygen atoms in total. The van der Waals surface area contributed by atoms with Gasteiger partial charge in [0.1, 0.15) is 22.3 Å². The van der Waals surface area contributed by atoms with Crippen LogP contribution in [0.1, 0.15) is 25.6 Å². The van der Waals surface area contributed by atoms with E-state index in [9.17, 15) is 12.8 Å². The molecule has 0 fully saturated rings. The van der Waals surface area contributed by atoms with Gasteiger partial charge in [-0.05, 0) is 36.4 Å². The van der Waals surface area contributed by atoms with Crippen molar-refractivity contribution in [1.29, 1.82) is 0 Å². The molecular formula is C18H18FN3O3S2. The molecule has 0 N–H and O–H groups in total. The van der Waals surface area contributed by atoms with Crippen LogP contribution < -0.4 is 9.04 Å². The Hall–Kier alpha value is -2.52. The van der Waals surface area contributed by atoms with Crippen LogP contribution in [0.25, 0.3) is 0 Å². The van der Waals surface area contributed by atoms with Gasteiger partial charge in [0, 0.05) is 24.5 Å². The maximum Gasteiger partial charge on any atom is 0.298 e. The monoisotopic (exact) mass is 407 g/mol. The fourth-order valence-corrected chi connectivity index (χ4v) is 4.21. The van der Waals surface area contributed by atoms with E-state index in [0.29, 0.717) is 22.5 Å². The van der Waals surface area contributed by atoms with Crippen molar-refractivity contribution >= 4 is 27.2 Å². The standard InChI is InChI=1S/C18H18FN3O3S2/c1-12(2)17-20-18(26-21-17)25-14-10-8-13(9-11-14)22(3)27(23,24)16-7-5-4-6-15(16)19/h4-12H,1-3H3. The summed E-state index contributed by atoms with van der Waals surface area (Å²) in [6.45, 7) is 3.99. The van der Waals surface area contributed by atoms with Gasteiger partial charge in [0.25, 0.3) is 15.2 Å². The average molecular weight is 407 g/mol. The van der Waals surface area contributed by atoms with Crippen molar-refractivity contribution in [1.82, 2.24) is 9.36 Å². The second-order valence-corrected chi connectivity index (χ2v) is 8.72. The molecule has 1 aromatic heterocycles. The summed E-state index contributed by atoms with van der Waals surface area (Å²) in [7, 11) is -2.63. The molecule has 0 aliphatic carbocycles. The molecule has 3 rings (SSSR count). The van der Waals surface area contributed by atoms with E-state index in [1.807, 2.05) is 13.8 Å². The second-order valence-electron chi connectivity index (χ2n) is 6.07. The van der Waals surface area contributed by atoms with Gasteiger partial charge in [0.2, 0.25) is 0 Å². The minimum Gasteiger partial charge on any atom is -0.430 e. The number of hydrogen-bond acceptors (Lipinski definition) is 6. The lowest BCUT2D eigenvalue weighted by atomic mass is 10.2. The Labute approximate surface area is 161 Å². The van der Waals surface area contributed by atoms with E-state index in [4.69, 9.17) is 4.74 Å². The first-order valence-electron chi connectivity index (χ1n) is 8.14. The van der Waals surface area contributed by atoms with Crippen LogP contribution in [0, 0.1) is 5.82 Å². The molecule has 0 radical (unpaired) electrons. The van der Waals surface area contributed by atoms with Crippen LogP contribution >= 0.6 is 11.5 Å². The van der Waals surface area contributed by atoms with E-state index in [1.165, 1.54) is 25.2 Å². The molecule has 0 amide bonds. The summed E-state index contributed by atoms with van der Waals surface area (Å²) in [6.07, 6.45) is 0. The number of sulfonamides is 1. The molecule has 0 saturated carbocycles. The van der Waals surface area contributed by atoms with E-state index < -0.39 is 15.8 Å². The number of halogens is 1. The van der Waals surface area contributed by atoms with Crippen LogP contribution in [0.4, 0.5) is 10.1 Å². The normalized spacial score (nSPS) is 11.6. The minimum absolute atomic E-state index is 0.207. The number of anilines is 1. The fraction of sp³-hybridized carbons (Fsp3) is 0.222. The zero-order valence-electron chi connectivity index (χ0n) is 15.0. The van der Waals surface area contributed by atoms with E-state index in [0.717, 1.165) is 21.9 Å². The molecule has 0 aliphatic rings. The van der Waals surface area contributed by atoms with Gasteiger partial charge < -0.3 is 4.74 Å². The number of nitrogens with zero attached hydrogens (tertiary/aromatic N) is 3. The molecule has 0 unspecified atom stereocenters. The maximum atomic E-state index is 13.9. The van der Waals surface area contributed by atoms with Crippen LogP contribution in [0.5, 0.6) is 10.9 Å². The Kier molecular flexibility index (Phi) is 5.43. The molecule has 27 heavy (non-hydrogen) atoms. The predicted molar refractivity (Wildman–Crippen MR) is 103 cm³/mol. The highest BCUT2D eigenvalue weighted by Crippen LogP contribution is 2.29. The number of benzene rings is 2. The van der Waals surface area contributed by atoms with Gasteiger partial charge in [0.05, 0.1) is 5.69 Å². The lowest BCUT2D eigenvalue weighted by Crippen LogP contribution is -2.27. The predicted octanol–water partition coefficient (Wildman–Crippen LogP) is 4.42. The maximum absolute atomic E-state index is 13.9. The highest BCUT2D eigenvalue weighted by Gasteiger charge is 2.24. The molecule has 0 saturated heterocycles. The van der Waals surface area contributed by atoms with E-state index in [-0.39, 0.29) is 10.8 Å². The Bertz CT molecular complexity index is 1030. The summed E-state index contributed by atoms with van der Waals surface area (Å²) in [6, 6.07) is 11.7. The van der Waals surface area contributed by atoms with Crippen LogP contribution in [0.15, 0.2) is 53.4 Å². The number of rotatable bonds is 6. The molecule has 9 heteroatoms. The van der Waals surface area contributed by atoms with E-state index in [1.54, 1.807) is 24.3 Å². The molecule has 0 spiro atoms. The lowest BCUT2D eigenvalue weighted by molar-refractivity contribution is 0.476. The highest BCUT2D eigenvalue weighted by molar-refractivity contribution is 7.92. The number of ether oxygens (including phenoxy) is 1. The van der Waals surface area contributed by atoms with Crippen molar-refractivity contribution in [3.8, 4) is 10.9 Å². The first kappa shape index (κ1) is 19.2. The quantitative estimate of drug-likeness (QED) is 0.605. The van der Waals surface area contributed by atoms with Gasteiger partial charge >= 0.3 is 0 Å². The lowest BCUT2D eigenvalue weighted by Gasteiger charge is -2.20. The van der Waals surface area contributed by atoms with Crippen LogP contribution in [0.2, 0.25) is 0 Å². The third kappa shape index (κ3) is 4.09. The third-order valence-electron chi connectivity index (χ3n) is 3.82. The van der Waals surface area contributed by atoms with Crippen molar-refractivity contribution in [2.45, 2.75) is 24.7 Å². The Morgan fingerprint density at radius 3 is 2.37 bits per heavy atom. The number of hydrogen-bond donors (Lipinski definition) is 0. The average Bonchev–Trinajstić information content (AvgIpc) is 3.11. The summed E-state index contributed by atoms with van der Waals surface area (Å²) in [5.74, 6) is 0.629. The second kappa shape index (κ2) is 7.61. The van der Waals surface area contributed by atoms with Crippen molar-refractivity contribution in [2.24, 2.45) is 0 Å². The van der Waals surface area contributed by atoms with Crippen LogP contribution in [-0.4, -0.2) is 24.8 Å². The molecule has 3 aromatic rings. The first-order chi connectivity index (χ1) is 12.8. The smallest absolute Gasteiger partial charge is 0.298 e. The Balaban J connectivity index is 1.79.